The van der Waals surface area contributed by atoms with Gasteiger partial charge in [0.25, 0.3) is 0 Å². The van der Waals surface area contributed by atoms with Crippen molar-refractivity contribution in [3.05, 3.63) is 101 Å². The van der Waals surface area contributed by atoms with E-state index in [4.69, 9.17) is 30.3 Å². The first-order valence-electron chi connectivity index (χ1n) is 14.0. The van der Waals surface area contributed by atoms with Crippen molar-refractivity contribution in [1.29, 1.82) is 5.41 Å². The number of nitrogen functional groups attached to an aromatic ring is 1. The fourth-order valence-corrected chi connectivity index (χ4v) is 4.41. The molecule has 3 N–H and O–H groups in total. The molecule has 0 amide bonds. The highest BCUT2D eigenvalue weighted by Crippen LogP contribution is 2.28. The van der Waals surface area contributed by atoms with Gasteiger partial charge in [-0.1, -0.05) is 60.7 Å². The number of imidazole rings is 1. The second-order valence-corrected chi connectivity index (χ2v) is 9.85. The third-order valence-corrected chi connectivity index (χ3v) is 6.56. The van der Waals surface area contributed by atoms with Crippen molar-refractivity contribution in [2.45, 2.75) is 39.6 Å². The molecule has 11 heteroatoms. The Bertz CT molecular complexity index is 1630. The predicted octanol–water partition coefficient (Wildman–Crippen LogP) is 5.39. The van der Waals surface area contributed by atoms with E-state index < -0.39 is 24.4 Å². The lowest BCUT2D eigenvalue weighted by molar-refractivity contribution is -0.167. The fraction of sp³-hybridized carbons (Fsp3) is 0.242. The van der Waals surface area contributed by atoms with Crippen molar-refractivity contribution in [2.75, 3.05) is 6.61 Å². The third kappa shape index (κ3) is 8.31. The summed E-state index contributed by atoms with van der Waals surface area (Å²) in [6.07, 6.45) is 0.420. The Morgan fingerprint density at radius 2 is 1.68 bits per heavy atom. The van der Waals surface area contributed by atoms with Gasteiger partial charge in [-0.2, -0.15) is 0 Å². The molecule has 1 heterocycles. The lowest BCUT2D eigenvalue weighted by Gasteiger charge is -2.13. The van der Waals surface area contributed by atoms with Gasteiger partial charge in [0, 0.05) is 43.3 Å². The van der Waals surface area contributed by atoms with Crippen LogP contribution in [0.1, 0.15) is 47.3 Å². The number of hydrogen-bond acceptors (Lipinski definition) is 9. The Balaban J connectivity index is 1.41. The highest BCUT2D eigenvalue weighted by Gasteiger charge is 2.18. The van der Waals surface area contributed by atoms with Gasteiger partial charge in [-0.15, -0.1) is 0 Å². The van der Waals surface area contributed by atoms with E-state index in [0.29, 0.717) is 29.1 Å². The molecule has 0 saturated carbocycles. The number of nitrogens with one attached hydrogen (secondary N) is 1. The van der Waals surface area contributed by atoms with Crippen LogP contribution in [0.25, 0.3) is 22.6 Å². The van der Waals surface area contributed by atoms with Gasteiger partial charge in [0.15, 0.2) is 0 Å². The van der Waals surface area contributed by atoms with Gasteiger partial charge in [0.05, 0.1) is 17.9 Å². The summed E-state index contributed by atoms with van der Waals surface area (Å²) in [6.45, 7) is 3.39. The summed E-state index contributed by atoms with van der Waals surface area (Å²) in [5, 5.41) is 8.13. The van der Waals surface area contributed by atoms with Crippen LogP contribution in [0.5, 0.6) is 0 Å². The number of aryl methyl sites for hydroxylation is 2. The molecule has 0 radical (unpaired) electrons. The van der Waals surface area contributed by atoms with Crippen molar-refractivity contribution in [3.63, 3.8) is 0 Å². The Morgan fingerprint density at radius 3 is 2.36 bits per heavy atom. The second kappa shape index (κ2) is 14.6. The summed E-state index contributed by atoms with van der Waals surface area (Å²) < 4.78 is 21.9. The van der Waals surface area contributed by atoms with Crippen molar-refractivity contribution in [2.24, 2.45) is 12.8 Å². The molecule has 0 aliphatic rings. The highest BCUT2D eigenvalue weighted by atomic mass is 16.8. The number of nitrogens with two attached hydrogens (primary N) is 1. The maximum atomic E-state index is 12.7. The molecular weight excluding hydrogens is 564 g/mol. The number of amidine groups is 1. The number of nitrogens with zero attached hydrogens (tertiary/aromatic N) is 2. The van der Waals surface area contributed by atoms with Gasteiger partial charge in [0.1, 0.15) is 18.3 Å². The molecule has 1 aromatic heterocycles. The zero-order valence-corrected chi connectivity index (χ0v) is 24.7. The lowest BCUT2D eigenvalue weighted by Crippen LogP contribution is -2.22. The summed E-state index contributed by atoms with van der Waals surface area (Å²) in [5.41, 5.74) is 10.4. The summed E-state index contributed by atoms with van der Waals surface area (Å²) in [6, 6.07) is 21.8. The topological polar surface area (TPSA) is 156 Å². The number of esters is 2. The maximum Gasteiger partial charge on any atom is 0.511 e. The largest absolute Gasteiger partial charge is 0.511 e. The zero-order chi connectivity index (χ0) is 31.6. The molecule has 0 aliphatic heterocycles. The molecule has 11 nitrogen and oxygen atoms in total. The van der Waals surface area contributed by atoms with Crippen LogP contribution >= 0.6 is 0 Å². The van der Waals surface area contributed by atoms with Crippen molar-refractivity contribution in [3.8, 4) is 22.6 Å². The fourth-order valence-electron chi connectivity index (χ4n) is 4.41. The van der Waals surface area contributed by atoms with Crippen LogP contribution in [-0.4, -0.2) is 46.4 Å². The molecule has 44 heavy (non-hydrogen) atoms. The number of rotatable bonds is 12. The lowest BCUT2D eigenvalue weighted by atomic mass is 10.0. The normalized spacial score (nSPS) is 11.3. The number of aromatic nitrogens is 2. The second-order valence-electron chi connectivity index (χ2n) is 9.85. The van der Waals surface area contributed by atoms with Crippen molar-refractivity contribution < 1.29 is 33.3 Å². The summed E-state index contributed by atoms with van der Waals surface area (Å²) in [7, 11) is 1.86. The number of carbonyl (C=O) groups excluding carboxylic acids is 3. The summed E-state index contributed by atoms with van der Waals surface area (Å²) >= 11 is 0. The van der Waals surface area contributed by atoms with E-state index in [-0.39, 0.29) is 31.0 Å². The quantitative estimate of drug-likeness (QED) is 0.0717. The molecule has 0 saturated heterocycles. The minimum absolute atomic E-state index is 0.103. The average molecular weight is 599 g/mol. The van der Waals surface area contributed by atoms with Gasteiger partial charge in [0.2, 0.25) is 6.29 Å². The Hall–Kier alpha value is -5.45. The molecule has 4 aromatic rings. The first kappa shape index (κ1) is 31.5. The SMILES string of the molecule is CCOC(=O)OC(C)OC(=O)CCc1ccc(-c2nc(-c3ccc(C(=O)OCc4ccccc4)cc3C(=N)N)cn2C)cc1. The molecule has 228 valence electrons. The average Bonchev–Trinajstić information content (AvgIpc) is 3.40. The monoisotopic (exact) mass is 598 g/mol. The van der Waals surface area contributed by atoms with Crippen LogP contribution in [0.4, 0.5) is 4.79 Å². The number of hydrogen-bond donors (Lipinski definition) is 2. The standard InChI is InChI=1S/C33H34N4O7/c1-4-41-33(40)44-21(2)43-29(38)17-12-22-10-13-24(14-11-22)31-36-28(19-37(31)3)26-16-15-25(18-27(26)30(34)35)32(39)42-20-23-8-6-5-7-9-23/h5-11,13-16,18-19,21H,4,12,17,20H2,1-3H3,(H3,34,35). The molecule has 1 unspecified atom stereocenters. The van der Waals surface area contributed by atoms with Crippen LogP contribution in [0, 0.1) is 5.41 Å². The predicted molar refractivity (Wildman–Crippen MR) is 163 cm³/mol. The third-order valence-electron chi connectivity index (χ3n) is 6.56. The summed E-state index contributed by atoms with van der Waals surface area (Å²) in [4.78, 5) is 41.0. The van der Waals surface area contributed by atoms with E-state index in [1.54, 1.807) is 25.1 Å². The van der Waals surface area contributed by atoms with E-state index in [1.165, 1.54) is 6.92 Å². The van der Waals surface area contributed by atoms with Gasteiger partial charge >= 0.3 is 18.1 Å². The zero-order valence-electron chi connectivity index (χ0n) is 24.7. The molecule has 0 bridgehead atoms. The van der Waals surface area contributed by atoms with Crippen molar-refractivity contribution >= 4 is 23.9 Å². The molecule has 1 atom stereocenters. The first-order chi connectivity index (χ1) is 21.1. The minimum atomic E-state index is -1.05. The van der Waals surface area contributed by atoms with Gasteiger partial charge in [-0.05, 0) is 36.6 Å². The van der Waals surface area contributed by atoms with Gasteiger partial charge < -0.3 is 29.2 Å². The molecule has 0 fully saturated rings. The number of benzene rings is 3. The van der Waals surface area contributed by atoms with E-state index in [9.17, 15) is 14.4 Å². The van der Waals surface area contributed by atoms with Crippen molar-refractivity contribution in [1.82, 2.24) is 9.55 Å². The molecule has 0 spiro atoms. The van der Waals surface area contributed by atoms with Crippen LogP contribution in [0.15, 0.2) is 79.0 Å². The first-order valence-corrected chi connectivity index (χ1v) is 14.0. The molecular formula is C33H34N4O7. The Kier molecular flexibility index (Phi) is 10.5. The summed E-state index contributed by atoms with van der Waals surface area (Å²) in [5.74, 6) is -0.541. The Morgan fingerprint density at radius 1 is 0.955 bits per heavy atom. The van der Waals surface area contributed by atoms with Crippen LogP contribution in [0.3, 0.4) is 0 Å². The van der Waals surface area contributed by atoms with E-state index >= 15 is 0 Å². The van der Waals surface area contributed by atoms with Crippen LogP contribution in [-0.2, 0) is 43.8 Å². The highest BCUT2D eigenvalue weighted by molar-refractivity contribution is 6.03. The smallest absolute Gasteiger partial charge is 0.457 e. The Labute approximate surface area is 255 Å². The van der Waals surface area contributed by atoms with Crippen LogP contribution in [0.2, 0.25) is 0 Å². The van der Waals surface area contributed by atoms with E-state index in [1.807, 2.05) is 72.4 Å². The maximum absolute atomic E-state index is 12.7. The number of carbonyl (C=O) groups is 3. The molecule has 3 aromatic carbocycles. The minimum Gasteiger partial charge on any atom is -0.457 e. The van der Waals surface area contributed by atoms with E-state index in [2.05, 4.69) is 4.74 Å². The van der Waals surface area contributed by atoms with Crippen LogP contribution < -0.4 is 5.73 Å². The molecule has 4 rings (SSSR count). The van der Waals surface area contributed by atoms with E-state index in [0.717, 1.165) is 16.7 Å². The van der Waals surface area contributed by atoms with Gasteiger partial charge in [-0.25, -0.2) is 14.6 Å². The number of ether oxygens (including phenoxy) is 4. The van der Waals surface area contributed by atoms with Gasteiger partial charge in [-0.3, -0.25) is 10.2 Å². The molecule has 0 aliphatic carbocycles.